The first-order chi connectivity index (χ1) is 14.2. The summed E-state index contributed by atoms with van der Waals surface area (Å²) in [5.41, 5.74) is 3.99. The Labute approximate surface area is 173 Å². The van der Waals surface area contributed by atoms with E-state index in [4.69, 9.17) is 16.6 Å². The van der Waals surface area contributed by atoms with E-state index < -0.39 is 0 Å². The highest BCUT2D eigenvalue weighted by molar-refractivity contribution is 6.31. The van der Waals surface area contributed by atoms with Crippen molar-refractivity contribution in [2.24, 2.45) is 0 Å². The van der Waals surface area contributed by atoms with Gasteiger partial charge in [0.1, 0.15) is 0 Å². The fourth-order valence-corrected chi connectivity index (χ4v) is 4.22. The van der Waals surface area contributed by atoms with Crippen LogP contribution in [0.5, 0.6) is 0 Å². The number of carbonyl (C=O) groups is 1. The van der Waals surface area contributed by atoms with Crippen LogP contribution in [0, 0.1) is 0 Å². The van der Waals surface area contributed by atoms with Crippen LogP contribution in [0.1, 0.15) is 12.0 Å². The molecule has 0 unspecified atom stereocenters. The average Bonchev–Trinajstić information content (AvgIpc) is 3.23. The van der Waals surface area contributed by atoms with Gasteiger partial charge in [-0.25, -0.2) is 4.98 Å². The van der Waals surface area contributed by atoms with Crippen molar-refractivity contribution in [2.45, 2.75) is 12.8 Å². The van der Waals surface area contributed by atoms with E-state index in [0.29, 0.717) is 18.0 Å². The van der Waals surface area contributed by atoms with Crippen molar-refractivity contribution in [3.63, 3.8) is 0 Å². The van der Waals surface area contributed by atoms with Gasteiger partial charge in [0.15, 0.2) is 0 Å². The Morgan fingerprint density at radius 3 is 2.86 bits per heavy atom. The van der Waals surface area contributed by atoms with Crippen molar-refractivity contribution >= 4 is 45.4 Å². The van der Waals surface area contributed by atoms with E-state index in [1.165, 1.54) is 0 Å². The van der Waals surface area contributed by atoms with Gasteiger partial charge in [-0.1, -0.05) is 29.8 Å². The summed E-state index contributed by atoms with van der Waals surface area (Å²) in [4.78, 5) is 28.5. The van der Waals surface area contributed by atoms with Crippen LogP contribution in [-0.4, -0.2) is 51.9 Å². The summed E-state index contributed by atoms with van der Waals surface area (Å²) >= 11 is 6.06. The fraction of sp³-hybridized carbons (Fsp3) is 0.273. The Bertz CT molecular complexity index is 1150. The summed E-state index contributed by atoms with van der Waals surface area (Å²) in [6.45, 7) is 3.12. The number of nitrogens with zero attached hydrogens (tertiary/aromatic N) is 3. The zero-order valence-corrected chi connectivity index (χ0v) is 16.7. The lowest BCUT2D eigenvalue weighted by molar-refractivity contribution is -0.130. The number of nitrogens with one attached hydrogen (secondary N) is 2. The second-order valence-electron chi connectivity index (χ2n) is 7.48. The zero-order chi connectivity index (χ0) is 19.8. The van der Waals surface area contributed by atoms with Gasteiger partial charge < -0.3 is 19.8 Å². The maximum Gasteiger partial charge on any atom is 0.227 e. The van der Waals surface area contributed by atoms with Crippen molar-refractivity contribution in [2.75, 3.05) is 31.1 Å². The normalized spacial score (nSPS) is 15.2. The molecule has 0 saturated carbocycles. The van der Waals surface area contributed by atoms with Crippen LogP contribution in [0.15, 0.2) is 48.7 Å². The second-order valence-corrected chi connectivity index (χ2v) is 7.92. The number of aromatic amines is 2. The highest BCUT2D eigenvalue weighted by Crippen LogP contribution is 2.23. The van der Waals surface area contributed by atoms with Gasteiger partial charge in [0.2, 0.25) is 11.9 Å². The lowest BCUT2D eigenvalue weighted by Gasteiger charge is -2.21. The first kappa shape index (κ1) is 18.1. The molecule has 2 aromatic carbocycles. The van der Waals surface area contributed by atoms with E-state index in [1.54, 1.807) is 0 Å². The standard InChI is InChI=1S/C22H22ClN5O/c23-16-6-7-17-15(14-24-20(17)13-16)12-21(29)27-8-3-9-28(11-10-27)22-25-18-4-1-2-5-19(18)26-22/h1-2,4-7,13-14,24H,3,8-12H2,(H,25,26). The molecule has 29 heavy (non-hydrogen) atoms. The first-order valence-corrected chi connectivity index (χ1v) is 10.3. The number of amides is 1. The predicted molar refractivity (Wildman–Crippen MR) is 117 cm³/mol. The third kappa shape index (κ3) is 3.56. The van der Waals surface area contributed by atoms with E-state index >= 15 is 0 Å². The van der Waals surface area contributed by atoms with Crippen molar-refractivity contribution in [1.29, 1.82) is 0 Å². The van der Waals surface area contributed by atoms with Crippen molar-refractivity contribution in [3.8, 4) is 0 Å². The number of anilines is 1. The molecule has 3 heterocycles. The van der Waals surface area contributed by atoms with Crippen LogP contribution in [0.4, 0.5) is 5.95 Å². The Balaban J connectivity index is 1.28. The highest BCUT2D eigenvalue weighted by atomic mass is 35.5. The fourth-order valence-electron chi connectivity index (χ4n) is 4.05. The number of para-hydroxylation sites is 2. The monoisotopic (exact) mass is 407 g/mol. The summed E-state index contributed by atoms with van der Waals surface area (Å²) in [6, 6.07) is 13.8. The predicted octanol–water partition coefficient (Wildman–Crippen LogP) is 3.98. The molecule has 0 aliphatic carbocycles. The topological polar surface area (TPSA) is 68.0 Å². The summed E-state index contributed by atoms with van der Waals surface area (Å²) in [6.07, 6.45) is 3.23. The maximum atomic E-state index is 13.0. The summed E-state index contributed by atoms with van der Waals surface area (Å²) in [5, 5.41) is 1.75. The summed E-state index contributed by atoms with van der Waals surface area (Å²) in [5.74, 6) is 1.04. The number of imidazole rings is 1. The Kier molecular flexibility index (Phi) is 4.64. The Morgan fingerprint density at radius 1 is 1.07 bits per heavy atom. The highest BCUT2D eigenvalue weighted by Gasteiger charge is 2.22. The van der Waals surface area contributed by atoms with Gasteiger partial charge in [0, 0.05) is 48.3 Å². The molecule has 148 valence electrons. The molecule has 0 bridgehead atoms. The molecular weight excluding hydrogens is 386 g/mol. The molecule has 1 amide bonds. The van der Waals surface area contributed by atoms with Gasteiger partial charge in [0.05, 0.1) is 17.5 Å². The van der Waals surface area contributed by atoms with Crippen LogP contribution < -0.4 is 4.90 Å². The number of rotatable bonds is 3. The average molecular weight is 408 g/mol. The van der Waals surface area contributed by atoms with Gasteiger partial charge in [-0.2, -0.15) is 0 Å². The number of hydrogen-bond donors (Lipinski definition) is 2. The van der Waals surface area contributed by atoms with Crippen LogP contribution in [0.25, 0.3) is 21.9 Å². The first-order valence-electron chi connectivity index (χ1n) is 9.90. The number of halogens is 1. The van der Waals surface area contributed by atoms with Crippen molar-refractivity contribution in [1.82, 2.24) is 19.9 Å². The molecule has 0 radical (unpaired) electrons. The summed E-state index contributed by atoms with van der Waals surface area (Å²) < 4.78 is 0. The zero-order valence-electron chi connectivity index (χ0n) is 16.0. The lowest BCUT2D eigenvalue weighted by Crippen LogP contribution is -2.36. The van der Waals surface area contributed by atoms with Crippen LogP contribution >= 0.6 is 11.6 Å². The van der Waals surface area contributed by atoms with Gasteiger partial charge in [0.25, 0.3) is 0 Å². The van der Waals surface area contributed by atoms with Gasteiger partial charge >= 0.3 is 0 Å². The molecule has 1 aliphatic rings. The van der Waals surface area contributed by atoms with Gasteiger partial charge in [-0.05, 0) is 36.2 Å². The second kappa shape index (κ2) is 7.44. The third-order valence-corrected chi connectivity index (χ3v) is 5.83. The largest absolute Gasteiger partial charge is 0.361 e. The molecule has 2 N–H and O–H groups in total. The molecule has 5 rings (SSSR count). The molecule has 2 aromatic heterocycles. The minimum absolute atomic E-state index is 0.160. The maximum absolute atomic E-state index is 13.0. The molecule has 6 nitrogen and oxygen atoms in total. The molecule has 1 fully saturated rings. The SMILES string of the molecule is O=C(Cc1c[nH]c2cc(Cl)ccc12)N1CCCN(c2nc3ccccc3[nH]2)CC1. The van der Waals surface area contributed by atoms with E-state index in [-0.39, 0.29) is 5.91 Å². The molecule has 1 saturated heterocycles. The van der Waals surface area contributed by atoms with Crippen LogP contribution in [0.2, 0.25) is 5.02 Å². The number of benzene rings is 2. The van der Waals surface area contributed by atoms with E-state index in [2.05, 4.69) is 14.9 Å². The van der Waals surface area contributed by atoms with E-state index in [0.717, 1.165) is 59.5 Å². The van der Waals surface area contributed by atoms with Crippen molar-refractivity contribution < 1.29 is 4.79 Å². The molecule has 7 heteroatoms. The Hall–Kier alpha value is -2.99. The number of fused-ring (bicyclic) bond motifs is 2. The minimum atomic E-state index is 0.160. The minimum Gasteiger partial charge on any atom is -0.361 e. The van der Waals surface area contributed by atoms with E-state index in [1.807, 2.05) is 53.6 Å². The van der Waals surface area contributed by atoms with Crippen LogP contribution in [0.3, 0.4) is 0 Å². The lowest BCUT2D eigenvalue weighted by atomic mass is 10.1. The molecule has 4 aromatic rings. The third-order valence-electron chi connectivity index (χ3n) is 5.60. The number of carbonyl (C=O) groups excluding carboxylic acids is 1. The number of H-pyrrole nitrogens is 2. The molecular formula is C22H22ClN5O. The molecule has 0 spiro atoms. The number of hydrogen-bond acceptors (Lipinski definition) is 3. The quantitative estimate of drug-likeness (QED) is 0.539. The smallest absolute Gasteiger partial charge is 0.227 e. The van der Waals surface area contributed by atoms with Crippen LogP contribution in [-0.2, 0) is 11.2 Å². The van der Waals surface area contributed by atoms with Gasteiger partial charge in [-0.3, -0.25) is 4.79 Å². The van der Waals surface area contributed by atoms with Crippen molar-refractivity contribution in [3.05, 3.63) is 59.2 Å². The number of aromatic nitrogens is 3. The molecule has 0 atom stereocenters. The van der Waals surface area contributed by atoms with E-state index in [9.17, 15) is 4.79 Å². The van der Waals surface area contributed by atoms with Gasteiger partial charge in [-0.15, -0.1) is 0 Å². The summed E-state index contributed by atoms with van der Waals surface area (Å²) in [7, 11) is 0. The molecule has 1 aliphatic heterocycles. The Morgan fingerprint density at radius 2 is 1.97 bits per heavy atom.